The number of carbonyl (C=O) groups is 1. The second-order valence-electron chi connectivity index (χ2n) is 7.30. The van der Waals surface area contributed by atoms with E-state index in [2.05, 4.69) is 15.1 Å². The summed E-state index contributed by atoms with van der Waals surface area (Å²) in [5.41, 5.74) is 5.88. The van der Waals surface area contributed by atoms with Gasteiger partial charge in [0.05, 0.1) is 36.2 Å². The summed E-state index contributed by atoms with van der Waals surface area (Å²) in [4.78, 5) is 17.1. The van der Waals surface area contributed by atoms with E-state index in [9.17, 15) is 9.90 Å². The summed E-state index contributed by atoms with van der Waals surface area (Å²) in [6, 6.07) is 20.6. The van der Waals surface area contributed by atoms with E-state index in [0.717, 1.165) is 21.8 Å². The van der Waals surface area contributed by atoms with Crippen molar-refractivity contribution in [3.63, 3.8) is 0 Å². The number of imidazole rings is 1. The smallest absolute Gasteiger partial charge is 0.250 e. The van der Waals surface area contributed by atoms with Crippen LogP contribution in [0.3, 0.4) is 0 Å². The van der Waals surface area contributed by atoms with Crippen molar-refractivity contribution >= 4 is 46.5 Å². The van der Waals surface area contributed by atoms with Gasteiger partial charge in [0.25, 0.3) is 5.91 Å². The molecule has 0 spiro atoms. The Hall–Kier alpha value is -3.49. The summed E-state index contributed by atoms with van der Waals surface area (Å²) in [6.45, 7) is 2.88. The number of nitrogens with zero attached hydrogens (tertiary/aromatic N) is 3. The maximum Gasteiger partial charge on any atom is 0.250 e. The average Bonchev–Trinajstić information content (AvgIpc) is 3.19. The van der Waals surface area contributed by atoms with Gasteiger partial charge in [-0.2, -0.15) is 5.10 Å². The Kier molecular flexibility index (Phi) is 7.72. The largest absolute Gasteiger partial charge is 0.504 e. The predicted molar refractivity (Wildman–Crippen MR) is 136 cm³/mol. The Labute approximate surface area is 206 Å². The number of benzene rings is 3. The van der Waals surface area contributed by atoms with Crippen molar-refractivity contribution in [2.75, 3.05) is 12.4 Å². The molecule has 4 aromatic rings. The second kappa shape index (κ2) is 11.1. The molecule has 0 aliphatic rings. The van der Waals surface area contributed by atoms with Gasteiger partial charge in [0.1, 0.15) is 0 Å². The van der Waals surface area contributed by atoms with Crippen molar-refractivity contribution < 1.29 is 14.6 Å². The van der Waals surface area contributed by atoms with Crippen LogP contribution in [0.1, 0.15) is 18.1 Å². The van der Waals surface area contributed by atoms with Gasteiger partial charge in [0.15, 0.2) is 16.7 Å². The number of amides is 1. The fraction of sp³-hybridized carbons (Fsp3) is 0.160. The minimum atomic E-state index is -0.285. The first-order valence-corrected chi connectivity index (χ1v) is 12.0. The quantitative estimate of drug-likeness (QED) is 0.192. The molecule has 1 heterocycles. The number of hydrogen-bond donors (Lipinski definition) is 2. The molecule has 0 saturated heterocycles. The SMILES string of the molecule is CCOc1cccc(/C=N/NC(=O)CSc2nc3ccccc3n2Cc2ccc(Cl)cc2)c1O. The van der Waals surface area contributed by atoms with Crippen LogP contribution in [0.2, 0.25) is 5.02 Å². The van der Waals surface area contributed by atoms with Crippen LogP contribution >= 0.6 is 23.4 Å². The van der Waals surface area contributed by atoms with Crippen LogP contribution in [0.5, 0.6) is 11.5 Å². The van der Waals surface area contributed by atoms with Crippen molar-refractivity contribution in [3.8, 4) is 11.5 Å². The minimum Gasteiger partial charge on any atom is -0.504 e. The van der Waals surface area contributed by atoms with Gasteiger partial charge in [0.2, 0.25) is 0 Å². The monoisotopic (exact) mass is 494 g/mol. The Morgan fingerprint density at radius 3 is 2.76 bits per heavy atom. The third-order valence-electron chi connectivity index (χ3n) is 4.93. The zero-order valence-corrected chi connectivity index (χ0v) is 20.0. The molecule has 9 heteroatoms. The molecule has 0 fully saturated rings. The summed E-state index contributed by atoms with van der Waals surface area (Å²) < 4.78 is 7.44. The number of hydrogen-bond acceptors (Lipinski definition) is 6. The van der Waals surface area contributed by atoms with E-state index in [4.69, 9.17) is 21.3 Å². The number of para-hydroxylation sites is 3. The Bertz CT molecular complexity index is 1320. The van der Waals surface area contributed by atoms with E-state index in [1.54, 1.807) is 18.2 Å². The van der Waals surface area contributed by atoms with Crippen LogP contribution < -0.4 is 10.2 Å². The molecular formula is C25H23ClN4O3S. The van der Waals surface area contributed by atoms with E-state index >= 15 is 0 Å². The van der Waals surface area contributed by atoms with Crippen LogP contribution in [0.25, 0.3) is 11.0 Å². The van der Waals surface area contributed by atoms with Gasteiger partial charge in [-0.1, -0.05) is 53.7 Å². The normalized spacial score (nSPS) is 11.2. The lowest BCUT2D eigenvalue weighted by Gasteiger charge is -2.09. The molecule has 0 radical (unpaired) electrons. The molecule has 4 rings (SSSR count). The van der Waals surface area contributed by atoms with Crippen molar-refractivity contribution in [1.82, 2.24) is 15.0 Å². The third kappa shape index (κ3) is 5.70. The number of nitrogens with one attached hydrogen (secondary N) is 1. The van der Waals surface area contributed by atoms with E-state index in [1.165, 1.54) is 18.0 Å². The molecule has 1 amide bonds. The van der Waals surface area contributed by atoms with Crippen molar-refractivity contribution in [2.24, 2.45) is 5.10 Å². The number of halogens is 1. The van der Waals surface area contributed by atoms with E-state index in [-0.39, 0.29) is 17.4 Å². The highest BCUT2D eigenvalue weighted by atomic mass is 35.5. The molecule has 3 aromatic carbocycles. The molecule has 2 N–H and O–H groups in total. The standard InChI is InChI=1S/C25H23ClN4O3S/c1-2-33-22-9-5-6-18(24(22)32)14-27-29-23(31)16-34-25-28-20-7-3-4-8-21(20)30(25)15-17-10-12-19(26)13-11-17/h3-14,32H,2,15-16H2,1H3,(H,29,31)/b27-14+. The highest BCUT2D eigenvalue weighted by Gasteiger charge is 2.13. The third-order valence-corrected chi connectivity index (χ3v) is 6.16. The first kappa shape index (κ1) is 23.7. The molecule has 7 nitrogen and oxygen atoms in total. The number of aromatic hydroxyl groups is 1. The van der Waals surface area contributed by atoms with Gasteiger partial charge >= 0.3 is 0 Å². The van der Waals surface area contributed by atoms with Crippen LogP contribution in [0.4, 0.5) is 0 Å². The Morgan fingerprint density at radius 2 is 1.97 bits per heavy atom. The number of aromatic nitrogens is 2. The molecule has 174 valence electrons. The van der Waals surface area contributed by atoms with Gasteiger partial charge in [-0.3, -0.25) is 4.79 Å². The minimum absolute atomic E-state index is 0.0207. The molecule has 1 aromatic heterocycles. The number of fused-ring (bicyclic) bond motifs is 1. The molecule has 0 aliphatic heterocycles. The molecule has 0 bridgehead atoms. The van der Waals surface area contributed by atoms with Gasteiger partial charge in [-0.25, -0.2) is 10.4 Å². The molecule has 0 saturated carbocycles. The molecule has 0 unspecified atom stereocenters. The highest BCUT2D eigenvalue weighted by Crippen LogP contribution is 2.28. The van der Waals surface area contributed by atoms with Crippen molar-refractivity contribution in [1.29, 1.82) is 0 Å². The number of hydrazone groups is 1. The molecular weight excluding hydrogens is 472 g/mol. The average molecular weight is 495 g/mol. The van der Waals surface area contributed by atoms with E-state index in [1.807, 2.05) is 55.5 Å². The Balaban J connectivity index is 1.43. The van der Waals surface area contributed by atoms with Crippen LogP contribution in [-0.2, 0) is 11.3 Å². The van der Waals surface area contributed by atoms with E-state index < -0.39 is 0 Å². The first-order chi connectivity index (χ1) is 16.5. The maximum absolute atomic E-state index is 12.4. The number of phenolic OH excluding ortho intramolecular Hbond substituents is 1. The fourth-order valence-electron chi connectivity index (χ4n) is 3.34. The van der Waals surface area contributed by atoms with Crippen LogP contribution in [0, 0.1) is 0 Å². The second-order valence-corrected chi connectivity index (χ2v) is 8.68. The predicted octanol–water partition coefficient (Wildman–Crippen LogP) is 5.08. The zero-order valence-electron chi connectivity index (χ0n) is 18.4. The van der Waals surface area contributed by atoms with Crippen molar-refractivity contribution in [3.05, 3.63) is 82.9 Å². The number of phenols is 1. The summed E-state index contributed by atoms with van der Waals surface area (Å²) >= 11 is 7.35. The topological polar surface area (TPSA) is 88.7 Å². The molecule has 34 heavy (non-hydrogen) atoms. The molecule has 0 aliphatic carbocycles. The van der Waals surface area contributed by atoms with Gasteiger partial charge in [-0.05, 0) is 48.9 Å². The van der Waals surface area contributed by atoms with Gasteiger partial charge in [-0.15, -0.1) is 0 Å². The van der Waals surface area contributed by atoms with Gasteiger partial charge in [0, 0.05) is 10.6 Å². The van der Waals surface area contributed by atoms with Gasteiger partial charge < -0.3 is 14.4 Å². The summed E-state index contributed by atoms with van der Waals surface area (Å²) in [6.07, 6.45) is 1.39. The van der Waals surface area contributed by atoms with E-state index in [0.29, 0.717) is 29.5 Å². The lowest BCUT2D eigenvalue weighted by Crippen LogP contribution is -2.20. The van der Waals surface area contributed by atoms with Crippen LogP contribution in [0.15, 0.2) is 77.0 Å². The Morgan fingerprint density at radius 1 is 1.18 bits per heavy atom. The summed E-state index contributed by atoms with van der Waals surface area (Å²) in [7, 11) is 0. The summed E-state index contributed by atoms with van der Waals surface area (Å²) in [5.74, 6) is 0.194. The lowest BCUT2D eigenvalue weighted by molar-refractivity contribution is -0.118. The number of carbonyl (C=O) groups excluding carboxylic acids is 1. The highest BCUT2D eigenvalue weighted by molar-refractivity contribution is 7.99. The summed E-state index contributed by atoms with van der Waals surface area (Å²) in [5, 5.41) is 15.6. The number of rotatable bonds is 9. The maximum atomic E-state index is 12.4. The van der Waals surface area contributed by atoms with Crippen molar-refractivity contribution in [2.45, 2.75) is 18.6 Å². The zero-order chi connectivity index (χ0) is 23.9. The first-order valence-electron chi connectivity index (χ1n) is 10.6. The number of thioether (sulfide) groups is 1. The molecule has 0 atom stereocenters. The number of ether oxygens (including phenoxy) is 1. The fourth-order valence-corrected chi connectivity index (χ4v) is 4.27. The van der Waals surface area contributed by atoms with Crippen LogP contribution in [-0.4, -0.2) is 39.1 Å². The lowest BCUT2D eigenvalue weighted by atomic mass is 10.2.